The maximum Gasteiger partial charge on any atom is 0.220 e. The molecule has 14 nitrogen and oxygen atoms in total. The van der Waals surface area contributed by atoms with Crippen molar-refractivity contribution in [3.63, 3.8) is 0 Å². The first kappa shape index (κ1) is 85.5. The van der Waals surface area contributed by atoms with Crippen molar-refractivity contribution in [2.24, 2.45) is 0 Å². The molecule has 2 aliphatic rings. The highest BCUT2D eigenvalue weighted by Crippen LogP contribution is 2.30. The Morgan fingerprint density at radius 1 is 0.402 bits per heavy atom. The molecule has 9 N–H and O–H groups in total. The van der Waals surface area contributed by atoms with Gasteiger partial charge >= 0.3 is 0 Å². The van der Waals surface area contributed by atoms with E-state index in [1.165, 1.54) is 231 Å². The smallest absolute Gasteiger partial charge is 0.220 e. The first-order valence-electron chi connectivity index (χ1n) is 38.2. The van der Waals surface area contributed by atoms with Gasteiger partial charge in [-0.3, -0.25) is 4.79 Å². The highest BCUT2D eigenvalue weighted by Gasteiger charge is 2.51. The average molecular weight is 1300 g/mol. The van der Waals surface area contributed by atoms with Crippen LogP contribution < -0.4 is 5.32 Å². The number of aliphatic hydroxyl groups is 8. The van der Waals surface area contributed by atoms with Crippen molar-refractivity contribution in [3.8, 4) is 0 Å². The number of allylic oxidation sites excluding steroid dienone is 11. The fourth-order valence-corrected chi connectivity index (χ4v) is 12.4. The number of amides is 1. The summed E-state index contributed by atoms with van der Waals surface area (Å²) in [4.78, 5) is 13.4. The van der Waals surface area contributed by atoms with Crippen molar-refractivity contribution in [2.75, 3.05) is 19.8 Å². The Balaban J connectivity index is 1.62. The van der Waals surface area contributed by atoms with Crippen LogP contribution in [-0.2, 0) is 23.7 Å². The molecule has 92 heavy (non-hydrogen) atoms. The number of carbonyl (C=O) groups is 1. The normalized spacial score (nSPS) is 23.1. The van der Waals surface area contributed by atoms with Crippen molar-refractivity contribution in [1.29, 1.82) is 0 Å². The van der Waals surface area contributed by atoms with E-state index in [-0.39, 0.29) is 18.9 Å². The third-order valence-corrected chi connectivity index (χ3v) is 18.4. The SMILES string of the molecule is CC/C=C\C/C=C\C/C=C\C/C=C\CCCCCCCCCCCCCCCCCCCCCCCCC(=O)NC(COC1OC(CO)C(OC2OC(CO)C(O)C(O)C2O)C(O)C1O)C(O)/C=C/CC/C=C/CCCCCCCCCCCCCCCCCCC. The van der Waals surface area contributed by atoms with Gasteiger partial charge in [0.25, 0.3) is 0 Å². The van der Waals surface area contributed by atoms with Gasteiger partial charge in [0.2, 0.25) is 5.91 Å². The van der Waals surface area contributed by atoms with Crippen LogP contribution in [0, 0.1) is 0 Å². The second-order valence-electron chi connectivity index (χ2n) is 26.7. The molecule has 2 rings (SSSR count). The molecule has 2 saturated heterocycles. The van der Waals surface area contributed by atoms with Gasteiger partial charge in [0.1, 0.15) is 48.8 Å². The molecule has 2 heterocycles. The van der Waals surface area contributed by atoms with Gasteiger partial charge in [-0.1, -0.05) is 318 Å². The Morgan fingerprint density at radius 2 is 0.761 bits per heavy atom. The molecule has 14 heteroatoms. The minimum Gasteiger partial charge on any atom is -0.394 e. The first-order valence-corrected chi connectivity index (χ1v) is 38.2. The molecule has 0 aliphatic carbocycles. The van der Waals surface area contributed by atoms with Gasteiger partial charge in [0, 0.05) is 6.42 Å². The summed E-state index contributed by atoms with van der Waals surface area (Å²) in [7, 11) is 0. The second kappa shape index (κ2) is 62.0. The summed E-state index contributed by atoms with van der Waals surface area (Å²) < 4.78 is 22.9. The van der Waals surface area contributed by atoms with E-state index in [0.29, 0.717) is 12.8 Å². The summed E-state index contributed by atoms with van der Waals surface area (Å²) in [5, 5.41) is 87.5. The molecule has 0 aromatic heterocycles. The fourth-order valence-electron chi connectivity index (χ4n) is 12.4. The van der Waals surface area contributed by atoms with Crippen LogP contribution in [0.1, 0.15) is 322 Å². The number of hydrogen-bond donors (Lipinski definition) is 9. The summed E-state index contributed by atoms with van der Waals surface area (Å²) >= 11 is 0. The van der Waals surface area contributed by atoms with E-state index in [2.05, 4.69) is 79.9 Å². The van der Waals surface area contributed by atoms with E-state index in [1.807, 2.05) is 6.08 Å². The molecule has 0 aromatic carbocycles. The molecule has 12 unspecified atom stereocenters. The largest absolute Gasteiger partial charge is 0.394 e. The zero-order valence-corrected chi connectivity index (χ0v) is 58.5. The standard InChI is InChI=1S/C78H141NO13/c1-3-5-7-9-11-13-15-17-19-21-23-25-27-28-29-30-31-32-33-34-35-36-37-38-40-42-44-46-48-50-52-54-56-58-60-62-70(83)79-66(65-89-77-75(88)73(86)76(69(64-81)91-77)92-78-74(87)72(85)71(84)68(63-80)90-78)67(82)61-59-57-55-53-51-49-47-45-43-41-39-26-24-22-20-18-16-14-12-10-8-6-4-2/h5,7,11,13,17,19,23,25,51,53,59,61,66-69,71-78,80-82,84-88H,3-4,6,8-10,12,14-16,18,20-22,24,26-50,52,54-58,60,62-65H2,1-2H3,(H,79,83)/b7-5-,13-11-,19-17-,25-23-,53-51+,61-59+. The van der Waals surface area contributed by atoms with Gasteiger partial charge in [-0.2, -0.15) is 0 Å². The van der Waals surface area contributed by atoms with E-state index in [9.17, 15) is 45.6 Å². The number of aliphatic hydroxyl groups excluding tert-OH is 8. The molecular weight excluding hydrogens is 1160 g/mol. The number of unbranched alkanes of at least 4 members (excludes halogenated alkanes) is 40. The third kappa shape index (κ3) is 45.0. The second-order valence-corrected chi connectivity index (χ2v) is 26.7. The van der Waals surface area contributed by atoms with E-state index in [4.69, 9.17) is 18.9 Å². The fraction of sp³-hybridized carbons (Fsp3) is 0.833. The van der Waals surface area contributed by atoms with Gasteiger partial charge in [-0.05, 0) is 70.6 Å². The van der Waals surface area contributed by atoms with Crippen LogP contribution in [0.25, 0.3) is 0 Å². The lowest BCUT2D eigenvalue weighted by atomic mass is 9.97. The van der Waals surface area contributed by atoms with E-state index >= 15 is 0 Å². The van der Waals surface area contributed by atoms with Gasteiger partial charge in [0.15, 0.2) is 12.6 Å². The summed E-state index contributed by atoms with van der Waals surface area (Å²) in [5.41, 5.74) is 0. The highest BCUT2D eigenvalue weighted by molar-refractivity contribution is 5.76. The molecule has 2 fully saturated rings. The number of ether oxygens (including phenoxy) is 4. The third-order valence-electron chi connectivity index (χ3n) is 18.4. The lowest BCUT2D eigenvalue weighted by molar-refractivity contribution is -0.359. The Morgan fingerprint density at radius 3 is 1.20 bits per heavy atom. The van der Waals surface area contributed by atoms with E-state index in [1.54, 1.807) is 6.08 Å². The van der Waals surface area contributed by atoms with Crippen LogP contribution in [0.4, 0.5) is 0 Å². The minimum absolute atomic E-state index is 0.244. The van der Waals surface area contributed by atoms with Crippen molar-refractivity contribution in [1.82, 2.24) is 5.32 Å². The van der Waals surface area contributed by atoms with E-state index < -0.39 is 86.8 Å². The van der Waals surface area contributed by atoms with Gasteiger partial charge in [-0.15, -0.1) is 0 Å². The zero-order chi connectivity index (χ0) is 66.6. The van der Waals surface area contributed by atoms with E-state index in [0.717, 1.165) is 57.8 Å². The van der Waals surface area contributed by atoms with Gasteiger partial charge < -0.3 is 65.1 Å². The summed E-state index contributed by atoms with van der Waals surface area (Å²) in [5.74, 6) is -0.244. The van der Waals surface area contributed by atoms with Crippen molar-refractivity contribution >= 4 is 5.91 Å². The molecule has 0 aromatic rings. The number of nitrogens with one attached hydrogen (secondary N) is 1. The molecule has 0 bridgehead atoms. The maximum absolute atomic E-state index is 13.4. The Bertz CT molecular complexity index is 1820. The Hall–Kier alpha value is -2.57. The predicted octanol–water partition coefficient (Wildman–Crippen LogP) is 16.6. The van der Waals surface area contributed by atoms with Crippen molar-refractivity contribution in [3.05, 3.63) is 72.9 Å². The van der Waals surface area contributed by atoms with Crippen LogP contribution in [0.15, 0.2) is 72.9 Å². The predicted molar refractivity (Wildman–Crippen MR) is 378 cm³/mol. The number of rotatable bonds is 63. The topological polar surface area (TPSA) is 228 Å². The van der Waals surface area contributed by atoms with Crippen LogP contribution in [-0.4, -0.2) is 140 Å². The van der Waals surface area contributed by atoms with Crippen LogP contribution >= 0.6 is 0 Å². The average Bonchev–Trinajstić information content (AvgIpc) is 0.830. The monoisotopic (exact) mass is 1300 g/mol. The molecule has 536 valence electrons. The van der Waals surface area contributed by atoms with Crippen LogP contribution in [0.5, 0.6) is 0 Å². The van der Waals surface area contributed by atoms with Gasteiger partial charge in [-0.25, -0.2) is 0 Å². The zero-order valence-electron chi connectivity index (χ0n) is 58.5. The highest BCUT2D eigenvalue weighted by atomic mass is 16.7. The Labute approximate surface area is 561 Å². The summed E-state index contributed by atoms with van der Waals surface area (Å²) in [6.45, 7) is 2.71. The molecule has 1 amide bonds. The lowest BCUT2D eigenvalue weighted by Gasteiger charge is -2.46. The van der Waals surface area contributed by atoms with Gasteiger partial charge in [0.05, 0.1) is 32.0 Å². The first-order chi connectivity index (χ1) is 45.1. The lowest BCUT2D eigenvalue weighted by Crippen LogP contribution is -2.65. The van der Waals surface area contributed by atoms with Crippen LogP contribution in [0.2, 0.25) is 0 Å². The summed E-state index contributed by atoms with van der Waals surface area (Å²) in [6.07, 6.45) is 68.4. The molecule has 0 radical (unpaired) electrons. The quantitative estimate of drug-likeness (QED) is 0.0204. The van der Waals surface area contributed by atoms with Crippen molar-refractivity contribution < 1.29 is 64.6 Å². The molecular formula is C78H141NO13. The van der Waals surface area contributed by atoms with Crippen LogP contribution in [0.3, 0.4) is 0 Å². The molecule has 0 spiro atoms. The number of carbonyl (C=O) groups excluding carboxylic acids is 1. The molecule has 2 aliphatic heterocycles. The molecule has 12 atom stereocenters. The minimum atomic E-state index is -1.79. The summed E-state index contributed by atoms with van der Waals surface area (Å²) in [6, 6.07) is -0.934. The maximum atomic E-state index is 13.4. The molecule has 0 saturated carbocycles. The Kier molecular flexibility index (Phi) is 57.6. The number of hydrogen-bond acceptors (Lipinski definition) is 13. The van der Waals surface area contributed by atoms with Crippen molar-refractivity contribution in [2.45, 2.75) is 396 Å².